The number of ether oxygens (including phenoxy) is 2. The van der Waals surface area contributed by atoms with E-state index in [0.717, 1.165) is 5.69 Å². The molecule has 8 heteroatoms. The molecule has 2 aromatic heterocycles. The summed E-state index contributed by atoms with van der Waals surface area (Å²) in [7, 11) is 1.33. The first-order valence-corrected chi connectivity index (χ1v) is 8.32. The molecular formula is C17H18BrNO6. The van der Waals surface area contributed by atoms with E-state index in [1.165, 1.54) is 13.2 Å². The minimum atomic E-state index is -0.710. The number of hydrogen-bond donors (Lipinski definition) is 0. The summed E-state index contributed by atoms with van der Waals surface area (Å²) >= 11 is 3.09. The lowest BCUT2D eigenvalue weighted by molar-refractivity contribution is -0.140. The Morgan fingerprint density at radius 3 is 2.56 bits per heavy atom. The van der Waals surface area contributed by atoms with Crippen molar-refractivity contribution in [1.82, 2.24) is 4.57 Å². The van der Waals surface area contributed by atoms with Gasteiger partial charge in [-0.25, -0.2) is 4.79 Å². The Morgan fingerprint density at radius 2 is 1.96 bits per heavy atom. The van der Waals surface area contributed by atoms with E-state index in [0.29, 0.717) is 22.5 Å². The summed E-state index contributed by atoms with van der Waals surface area (Å²) in [5.41, 5.74) is 2.00. The normalized spacial score (nSPS) is 10.6. The van der Waals surface area contributed by atoms with Crippen molar-refractivity contribution in [3.8, 4) is 0 Å². The third-order valence-electron chi connectivity index (χ3n) is 3.75. The fourth-order valence-corrected chi connectivity index (χ4v) is 2.74. The molecule has 0 saturated heterocycles. The molecule has 0 aliphatic heterocycles. The quantitative estimate of drug-likeness (QED) is 0.513. The molecule has 0 spiro atoms. The molecule has 0 atom stereocenters. The number of aryl methyl sites for hydroxylation is 1. The molecule has 0 saturated carbocycles. The van der Waals surface area contributed by atoms with E-state index < -0.39 is 12.6 Å². The highest BCUT2D eigenvalue weighted by Crippen LogP contribution is 2.18. The lowest BCUT2D eigenvalue weighted by atomic mass is 10.1. The zero-order valence-corrected chi connectivity index (χ0v) is 15.7. The van der Waals surface area contributed by atoms with Crippen LogP contribution in [0.1, 0.15) is 38.7 Å². The van der Waals surface area contributed by atoms with Gasteiger partial charge in [0.25, 0.3) is 0 Å². The predicted octanol–water partition coefficient (Wildman–Crippen LogP) is 3.06. The number of halogens is 1. The van der Waals surface area contributed by atoms with E-state index in [1.54, 1.807) is 19.1 Å². The summed E-state index contributed by atoms with van der Waals surface area (Å²) in [6.07, 6.45) is 0.211. The minimum Gasteiger partial charge on any atom is -0.469 e. The van der Waals surface area contributed by atoms with Gasteiger partial charge in [-0.3, -0.25) is 9.59 Å². The molecule has 0 radical (unpaired) electrons. The van der Waals surface area contributed by atoms with E-state index >= 15 is 0 Å². The smallest absolute Gasteiger partial charge is 0.374 e. The second-order valence-corrected chi connectivity index (χ2v) is 6.15. The number of furan rings is 1. The van der Waals surface area contributed by atoms with Crippen molar-refractivity contribution >= 4 is 33.7 Å². The first-order valence-electron chi connectivity index (χ1n) is 7.52. The predicted molar refractivity (Wildman–Crippen MR) is 91.6 cm³/mol. The van der Waals surface area contributed by atoms with Gasteiger partial charge in [0.1, 0.15) is 0 Å². The molecule has 2 heterocycles. The molecule has 25 heavy (non-hydrogen) atoms. The van der Waals surface area contributed by atoms with E-state index in [4.69, 9.17) is 9.15 Å². The van der Waals surface area contributed by atoms with Gasteiger partial charge >= 0.3 is 11.9 Å². The zero-order chi connectivity index (χ0) is 18.6. The lowest BCUT2D eigenvalue weighted by Gasteiger charge is -2.09. The number of aromatic nitrogens is 1. The summed E-state index contributed by atoms with van der Waals surface area (Å²) in [5.74, 6) is -1.34. The van der Waals surface area contributed by atoms with Crippen molar-refractivity contribution in [3.63, 3.8) is 0 Å². The van der Waals surface area contributed by atoms with Crippen LogP contribution in [0.3, 0.4) is 0 Å². The van der Waals surface area contributed by atoms with Crippen molar-refractivity contribution in [2.24, 2.45) is 0 Å². The number of methoxy groups -OCH3 is 1. The van der Waals surface area contributed by atoms with Crippen LogP contribution in [-0.4, -0.2) is 36.0 Å². The second kappa shape index (κ2) is 8.15. The van der Waals surface area contributed by atoms with Gasteiger partial charge in [-0.05, 0) is 48.0 Å². The molecule has 0 bridgehead atoms. The Hall–Kier alpha value is -2.35. The molecule has 134 valence electrons. The first-order chi connectivity index (χ1) is 11.8. The number of esters is 2. The molecule has 0 aromatic carbocycles. The number of hydrogen-bond acceptors (Lipinski definition) is 6. The number of carbonyl (C=O) groups is 3. The van der Waals surface area contributed by atoms with E-state index in [9.17, 15) is 14.4 Å². The number of carbonyl (C=O) groups excluding carboxylic acids is 3. The van der Waals surface area contributed by atoms with E-state index in [-0.39, 0.29) is 23.9 Å². The molecule has 0 aliphatic rings. The number of nitrogens with zero attached hydrogens (tertiary/aromatic N) is 1. The van der Waals surface area contributed by atoms with Gasteiger partial charge < -0.3 is 18.5 Å². The SMILES string of the molecule is COC(=O)CCn1c(C)cc(C(=O)COC(=O)c2ccc(Br)o2)c1C. The maximum atomic E-state index is 12.3. The molecular weight excluding hydrogens is 394 g/mol. The van der Waals surface area contributed by atoms with Crippen molar-refractivity contribution in [1.29, 1.82) is 0 Å². The van der Waals surface area contributed by atoms with Crippen LogP contribution in [-0.2, 0) is 20.8 Å². The Balaban J connectivity index is 2.02. The fourth-order valence-electron chi connectivity index (χ4n) is 2.44. The monoisotopic (exact) mass is 411 g/mol. The molecule has 0 amide bonds. The Morgan fingerprint density at radius 1 is 1.24 bits per heavy atom. The van der Waals surface area contributed by atoms with E-state index in [2.05, 4.69) is 20.7 Å². The van der Waals surface area contributed by atoms with Crippen LogP contribution in [0.25, 0.3) is 0 Å². The van der Waals surface area contributed by atoms with Crippen LogP contribution in [0.4, 0.5) is 0 Å². The standard InChI is InChI=1S/C17H18BrNO6/c1-10-8-12(11(2)19(10)7-6-16(21)23-3)13(20)9-24-17(22)14-4-5-15(18)25-14/h4-5,8H,6-7,9H2,1-3H3. The maximum absolute atomic E-state index is 12.3. The summed E-state index contributed by atoms with van der Waals surface area (Å²) in [6.45, 7) is 3.65. The topological polar surface area (TPSA) is 87.7 Å². The number of Topliss-reactive ketones (excluding diaryl/α,β-unsaturated/α-hetero) is 1. The Kier molecular flexibility index (Phi) is 6.19. The molecule has 0 aliphatic carbocycles. The summed E-state index contributed by atoms with van der Waals surface area (Å²) < 4.78 is 17.0. The molecule has 2 rings (SSSR count). The van der Waals surface area contributed by atoms with Gasteiger partial charge in [-0.15, -0.1) is 0 Å². The van der Waals surface area contributed by atoms with Crippen molar-refractivity contribution in [3.05, 3.63) is 45.6 Å². The minimum absolute atomic E-state index is 0.0169. The highest BCUT2D eigenvalue weighted by atomic mass is 79.9. The zero-order valence-electron chi connectivity index (χ0n) is 14.1. The number of ketones is 1. The molecule has 0 unspecified atom stereocenters. The van der Waals surface area contributed by atoms with Gasteiger partial charge in [-0.2, -0.15) is 0 Å². The largest absolute Gasteiger partial charge is 0.469 e. The van der Waals surface area contributed by atoms with Crippen LogP contribution < -0.4 is 0 Å². The van der Waals surface area contributed by atoms with Crippen LogP contribution in [0.15, 0.2) is 27.3 Å². The van der Waals surface area contributed by atoms with Gasteiger partial charge in [0.15, 0.2) is 11.3 Å². The Labute approximate surface area is 153 Å². The van der Waals surface area contributed by atoms with Crippen molar-refractivity contribution in [2.75, 3.05) is 13.7 Å². The van der Waals surface area contributed by atoms with Crippen LogP contribution in [0.5, 0.6) is 0 Å². The fraction of sp³-hybridized carbons (Fsp3) is 0.353. The molecule has 2 aromatic rings. The summed E-state index contributed by atoms with van der Waals surface area (Å²) in [6, 6.07) is 4.73. The van der Waals surface area contributed by atoms with Gasteiger partial charge in [0, 0.05) is 23.5 Å². The highest BCUT2D eigenvalue weighted by molar-refractivity contribution is 9.10. The van der Waals surface area contributed by atoms with Crippen molar-refractivity contribution < 1.29 is 28.3 Å². The summed E-state index contributed by atoms with van der Waals surface area (Å²) in [5, 5.41) is 0. The highest BCUT2D eigenvalue weighted by Gasteiger charge is 2.19. The van der Waals surface area contributed by atoms with Gasteiger partial charge in [0.05, 0.1) is 13.5 Å². The molecule has 0 fully saturated rings. The lowest BCUT2D eigenvalue weighted by Crippen LogP contribution is -2.15. The Bertz CT molecular complexity index is 804. The molecule has 0 N–H and O–H groups in total. The first kappa shape index (κ1) is 19.0. The molecule has 7 nitrogen and oxygen atoms in total. The van der Waals surface area contributed by atoms with Crippen LogP contribution in [0, 0.1) is 13.8 Å². The maximum Gasteiger partial charge on any atom is 0.374 e. The van der Waals surface area contributed by atoms with Crippen molar-refractivity contribution in [2.45, 2.75) is 26.8 Å². The third-order valence-corrected chi connectivity index (χ3v) is 4.18. The van der Waals surface area contributed by atoms with Crippen LogP contribution in [0.2, 0.25) is 0 Å². The summed E-state index contributed by atoms with van der Waals surface area (Å²) in [4.78, 5) is 35.5. The van der Waals surface area contributed by atoms with E-state index in [1.807, 2.05) is 11.5 Å². The van der Waals surface area contributed by atoms with Crippen LogP contribution >= 0.6 is 15.9 Å². The van der Waals surface area contributed by atoms with Gasteiger partial charge in [0.2, 0.25) is 11.5 Å². The number of rotatable bonds is 7. The third kappa shape index (κ3) is 4.60. The average Bonchev–Trinajstić information content (AvgIpc) is 3.14. The van der Waals surface area contributed by atoms with Gasteiger partial charge in [-0.1, -0.05) is 0 Å². The average molecular weight is 412 g/mol. The second-order valence-electron chi connectivity index (χ2n) is 5.37.